The fraction of sp³-hybridized carbons (Fsp3) is 0.588. The second-order valence-electron chi connectivity index (χ2n) is 6.06. The lowest BCUT2D eigenvalue weighted by Crippen LogP contribution is -2.44. The minimum atomic E-state index is 0.147. The maximum Gasteiger partial charge on any atom is 0.239 e. The maximum absolute atomic E-state index is 12.2. The molecule has 1 aliphatic carbocycles. The molecule has 1 aromatic rings. The summed E-state index contributed by atoms with van der Waals surface area (Å²) >= 11 is 0. The molecule has 0 radical (unpaired) electrons. The van der Waals surface area contributed by atoms with Gasteiger partial charge in [-0.15, -0.1) is 0 Å². The Morgan fingerprint density at radius 2 is 1.95 bits per heavy atom. The summed E-state index contributed by atoms with van der Waals surface area (Å²) in [5.41, 5.74) is 2.37. The summed E-state index contributed by atoms with van der Waals surface area (Å²) in [6.07, 6.45) is 4.77. The number of nitrogens with one attached hydrogen (secondary N) is 1. The number of carbonyl (C=O) groups excluding carboxylic acids is 1. The molecule has 0 heterocycles. The zero-order valence-corrected chi connectivity index (χ0v) is 12.9. The van der Waals surface area contributed by atoms with Crippen LogP contribution >= 0.6 is 0 Å². The number of para-hydroxylation sites is 1. The van der Waals surface area contributed by atoms with Gasteiger partial charge in [-0.05, 0) is 45.2 Å². The van der Waals surface area contributed by atoms with Gasteiger partial charge in [0.1, 0.15) is 0 Å². The van der Waals surface area contributed by atoms with E-state index in [4.69, 9.17) is 0 Å². The number of amides is 1. The van der Waals surface area contributed by atoms with Crippen molar-refractivity contribution in [3.63, 3.8) is 0 Å². The predicted molar refractivity (Wildman–Crippen MR) is 84.1 cm³/mol. The van der Waals surface area contributed by atoms with E-state index in [0.717, 1.165) is 18.5 Å². The molecule has 1 aromatic carbocycles. The van der Waals surface area contributed by atoms with Crippen molar-refractivity contribution in [1.82, 2.24) is 5.32 Å². The van der Waals surface area contributed by atoms with E-state index in [-0.39, 0.29) is 5.91 Å². The molecule has 1 aliphatic rings. The monoisotopic (exact) mass is 274 g/mol. The molecule has 0 aliphatic heterocycles. The van der Waals surface area contributed by atoms with E-state index >= 15 is 0 Å². The Hall–Kier alpha value is -1.51. The molecule has 0 atom stereocenters. The molecule has 1 N–H and O–H groups in total. The van der Waals surface area contributed by atoms with Crippen LogP contribution in [-0.4, -0.2) is 24.5 Å². The van der Waals surface area contributed by atoms with E-state index in [9.17, 15) is 4.79 Å². The molecule has 2 rings (SSSR count). The van der Waals surface area contributed by atoms with Gasteiger partial charge < -0.3 is 10.2 Å². The summed E-state index contributed by atoms with van der Waals surface area (Å²) in [6.45, 7) is 6.81. The summed E-state index contributed by atoms with van der Waals surface area (Å²) in [5, 5.41) is 3.17. The topological polar surface area (TPSA) is 32.3 Å². The molecule has 0 bridgehead atoms. The van der Waals surface area contributed by atoms with Gasteiger partial charge in [0.25, 0.3) is 0 Å². The minimum Gasteiger partial charge on any atom is -0.360 e. The molecule has 1 fully saturated rings. The lowest BCUT2D eigenvalue weighted by Gasteiger charge is -2.30. The first kappa shape index (κ1) is 14.9. The summed E-state index contributed by atoms with van der Waals surface area (Å²) in [7, 11) is 0. The molecular formula is C17H26N2O. The molecule has 3 heteroatoms. The second kappa shape index (κ2) is 6.78. The van der Waals surface area contributed by atoms with Crippen LogP contribution < -0.4 is 10.2 Å². The van der Waals surface area contributed by atoms with Crippen molar-refractivity contribution in [1.29, 1.82) is 0 Å². The van der Waals surface area contributed by atoms with Crippen molar-refractivity contribution in [3.8, 4) is 0 Å². The highest BCUT2D eigenvalue weighted by Gasteiger charge is 2.20. The van der Waals surface area contributed by atoms with Crippen LogP contribution in [-0.2, 0) is 4.79 Å². The summed E-state index contributed by atoms with van der Waals surface area (Å²) < 4.78 is 0. The Morgan fingerprint density at radius 1 is 1.30 bits per heavy atom. The maximum atomic E-state index is 12.2. The molecule has 1 saturated carbocycles. The zero-order valence-electron chi connectivity index (χ0n) is 12.9. The van der Waals surface area contributed by atoms with Crippen LogP contribution in [0.5, 0.6) is 0 Å². The van der Waals surface area contributed by atoms with E-state index in [0.29, 0.717) is 18.6 Å². The molecule has 0 saturated heterocycles. The highest BCUT2D eigenvalue weighted by Crippen LogP contribution is 2.22. The lowest BCUT2D eigenvalue weighted by molar-refractivity contribution is -0.120. The standard InChI is InChI=1S/C17H26N2O/c1-13(2)19(16-11-7-4-8-14(16)3)12-17(20)18-15-9-5-6-10-15/h4,7-8,11,13,15H,5-6,9-10,12H2,1-3H3,(H,18,20). The van der Waals surface area contributed by atoms with E-state index in [1.165, 1.54) is 18.4 Å². The summed E-state index contributed by atoms with van der Waals surface area (Å²) in [6, 6.07) is 8.97. The van der Waals surface area contributed by atoms with Gasteiger partial charge in [-0.2, -0.15) is 0 Å². The number of anilines is 1. The molecular weight excluding hydrogens is 248 g/mol. The van der Waals surface area contributed by atoms with Crippen LogP contribution in [0.4, 0.5) is 5.69 Å². The fourth-order valence-electron chi connectivity index (χ4n) is 2.93. The van der Waals surface area contributed by atoms with E-state index in [1.54, 1.807) is 0 Å². The lowest BCUT2D eigenvalue weighted by atomic mass is 10.1. The van der Waals surface area contributed by atoms with Gasteiger partial charge in [0.15, 0.2) is 0 Å². The van der Waals surface area contributed by atoms with E-state index in [1.807, 2.05) is 12.1 Å². The number of rotatable bonds is 5. The van der Waals surface area contributed by atoms with Gasteiger partial charge in [-0.1, -0.05) is 31.0 Å². The average Bonchev–Trinajstić information content (AvgIpc) is 2.89. The third kappa shape index (κ3) is 3.75. The van der Waals surface area contributed by atoms with Gasteiger partial charge in [0, 0.05) is 17.8 Å². The van der Waals surface area contributed by atoms with Crippen molar-refractivity contribution in [3.05, 3.63) is 29.8 Å². The Kier molecular flexibility index (Phi) is 5.05. The van der Waals surface area contributed by atoms with Crippen molar-refractivity contribution in [2.24, 2.45) is 0 Å². The van der Waals surface area contributed by atoms with Gasteiger partial charge in [0.2, 0.25) is 5.91 Å². The third-order valence-corrected chi connectivity index (χ3v) is 4.08. The normalized spacial score (nSPS) is 15.6. The van der Waals surface area contributed by atoms with Crippen molar-refractivity contribution >= 4 is 11.6 Å². The molecule has 110 valence electrons. The molecule has 20 heavy (non-hydrogen) atoms. The van der Waals surface area contributed by atoms with Gasteiger partial charge in [0.05, 0.1) is 6.54 Å². The fourth-order valence-corrected chi connectivity index (χ4v) is 2.93. The van der Waals surface area contributed by atoms with Crippen molar-refractivity contribution in [2.45, 2.75) is 58.5 Å². The molecule has 3 nitrogen and oxygen atoms in total. The van der Waals surface area contributed by atoms with Crippen LogP contribution in [0.15, 0.2) is 24.3 Å². The Balaban J connectivity index is 2.02. The van der Waals surface area contributed by atoms with Crippen LogP contribution in [0.3, 0.4) is 0 Å². The second-order valence-corrected chi connectivity index (χ2v) is 6.06. The quantitative estimate of drug-likeness (QED) is 0.893. The zero-order chi connectivity index (χ0) is 14.5. The summed E-state index contributed by atoms with van der Waals surface area (Å²) in [4.78, 5) is 14.4. The van der Waals surface area contributed by atoms with E-state index < -0.39 is 0 Å². The Labute approximate surface area is 122 Å². The van der Waals surface area contributed by atoms with Crippen LogP contribution in [0.2, 0.25) is 0 Å². The molecule has 0 unspecified atom stereocenters. The Morgan fingerprint density at radius 3 is 2.55 bits per heavy atom. The van der Waals surface area contributed by atoms with Crippen molar-refractivity contribution in [2.75, 3.05) is 11.4 Å². The van der Waals surface area contributed by atoms with Crippen molar-refractivity contribution < 1.29 is 4.79 Å². The number of benzene rings is 1. The number of hydrogen-bond donors (Lipinski definition) is 1. The predicted octanol–water partition coefficient (Wildman–Crippen LogP) is 3.27. The van der Waals surface area contributed by atoms with Crippen LogP contribution in [0.1, 0.15) is 45.1 Å². The first-order valence-corrected chi connectivity index (χ1v) is 7.69. The van der Waals surface area contributed by atoms with Crippen LogP contribution in [0.25, 0.3) is 0 Å². The minimum absolute atomic E-state index is 0.147. The largest absolute Gasteiger partial charge is 0.360 e. The molecule has 0 aromatic heterocycles. The number of aryl methyl sites for hydroxylation is 1. The van der Waals surface area contributed by atoms with Gasteiger partial charge in [-0.3, -0.25) is 4.79 Å². The number of carbonyl (C=O) groups is 1. The first-order valence-electron chi connectivity index (χ1n) is 7.69. The smallest absolute Gasteiger partial charge is 0.239 e. The van der Waals surface area contributed by atoms with Crippen LogP contribution in [0, 0.1) is 6.92 Å². The number of nitrogens with zero attached hydrogens (tertiary/aromatic N) is 1. The van der Waals surface area contributed by atoms with E-state index in [2.05, 4.69) is 43.1 Å². The summed E-state index contributed by atoms with van der Waals surface area (Å²) in [5.74, 6) is 0.147. The number of hydrogen-bond acceptors (Lipinski definition) is 2. The molecule has 0 spiro atoms. The molecule has 1 amide bonds. The average molecular weight is 274 g/mol. The van der Waals surface area contributed by atoms with Gasteiger partial charge in [-0.25, -0.2) is 0 Å². The van der Waals surface area contributed by atoms with Gasteiger partial charge >= 0.3 is 0 Å². The first-order chi connectivity index (χ1) is 9.58. The highest BCUT2D eigenvalue weighted by molar-refractivity contribution is 5.82. The SMILES string of the molecule is Cc1ccccc1N(CC(=O)NC1CCCC1)C(C)C. The Bertz CT molecular complexity index is 450. The highest BCUT2D eigenvalue weighted by atomic mass is 16.2. The third-order valence-electron chi connectivity index (χ3n) is 4.08.